The summed E-state index contributed by atoms with van der Waals surface area (Å²) < 4.78 is 2.62. The van der Waals surface area contributed by atoms with Crippen molar-refractivity contribution in [3.63, 3.8) is 0 Å². The van der Waals surface area contributed by atoms with Crippen LogP contribution in [0.15, 0.2) is 237 Å². The molecule has 2 nitrogen and oxygen atoms in total. The van der Waals surface area contributed by atoms with E-state index in [1.165, 1.54) is 48.0 Å². The quantitative estimate of drug-likeness (QED) is 0.129. The van der Waals surface area contributed by atoms with Crippen LogP contribution in [0, 0.1) is 0 Å². The summed E-state index contributed by atoms with van der Waals surface area (Å²) in [4.78, 5) is 4.72. The molecule has 10 aromatic rings. The van der Waals surface area contributed by atoms with Gasteiger partial charge in [-0.2, -0.15) is 0 Å². The van der Waals surface area contributed by atoms with E-state index in [0.29, 0.717) is 0 Å². The molecule has 0 aliphatic rings. The molecule has 0 fully saturated rings. The van der Waals surface area contributed by atoms with Crippen molar-refractivity contribution in [2.24, 2.45) is 0 Å². The molecular formula is C56H42N2S. The molecule has 9 aromatic carbocycles. The molecule has 0 aliphatic carbocycles. The van der Waals surface area contributed by atoms with Crippen molar-refractivity contribution in [3.05, 3.63) is 253 Å². The van der Waals surface area contributed by atoms with E-state index in [2.05, 4.69) is 246 Å². The summed E-state index contributed by atoms with van der Waals surface area (Å²) in [7, 11) is 0. The summed E-state index contributed by atoms with van der Waals surface area (Å²) >= 11 is 1.91. The van der Waals surface area contributed by atoms with Crippen LogP contribution in [0.4, 0.5) is 34.1 Å². The minimum absolute atomic E-state index is 0.0933. The first kappa shape index (κ1) is 36.2. The van der Waals surface area contributed by atoms with Gasteiger partial charge in [0.05, 0.1) is 0 Å². The molecule has 1 unspecified atom stereocenters. The summed E-state index contributed by atoms with van der Waals surface area (Å²) in [5.74, 6) is 0.0933. The van der Waals surface area contributed by atoms with Crippen LogP contribution in [-0.2, 0) is 6.42 Å². The SMILES string of the molecule is c1ccc(-c2cccc(CC(c3cccc(N(c4ccccc4)c4ccccc4)c3)c3cccc4c3sc3ccc(N(c5ccccc5)c5ccccc5)cc34)c2)cc1. The van der Waals surface area contributed by atoms with Crippen LogP contribution in [0.1, 0.15) is 22.6 Å². The maximum atomic E-state index is 2.41. The minimum atomic E-state index is 0.0933. The lowest BCUT2D eigenvalue weighted by molar-refractivity contribution is 0.813. The molecule has 0 aliphatic heterocycles. The van der Waals surface area contributed by atoms with Crippen molar-refractivity contribution in [3.8, 4) is 11.1 Å². The second-order valence-corrected chi connectivity index (χ2v) is 16.0. The highest BCUT2D eigenvalue weighted by molar-refractivity contribution is 7.26. The van der Waals surface area contributed by atoms with Crippen LogP contribution in [0.3, 0.4) is 0 Å². The lowest BCUT2D eigenvalue weighted by atomic mass is 9.84. The zero-order chi connectivity index (χ0) is 39.4. The van der Waals surface area contributed by atoms with Gasteiger partial charge in [0.1, 0.15) is 0 Å². The van der Waals surface area contributed by atoms with E-state index in [1.807, 2.05) is 11.3 Å². The highest BCUT2D eigenvalue weighted by Gasteiger charge is 2.23. The highest BCUT2D eigenvalue weighted by atomic mass is 32.1. The van der Waals surface area contributed by atoms with E-state index < -0.39 is 0 Å². The Kier molecular flexibility index (Phi) is 10.0. The van der Waals surface area contributed by atoms with Crippen molar-refractivity contribution in [1.82, 2.24) is 0 Å². The number of hydrogen-bond acceptors (Lipinski definition) is 3. The number of rotatable bonds is 11. The van der Waals surface area contributed by atoms with Gasteiger partial charge in [-0.1, -0.05) is 158 Å². The Balaban J connectivity index is 1.13. The molecule has 0 amide bonds. The second kappa shape index (κ2) is 16.3. The molecule has 0 saturated carbocycles. The van der Waals surface area contributed by atoms with E-state index in [0.717, 1.165) is 40.5 Å². The largest absolute Gasteiger partial charge is 0.310 e. The summed E-state index contributed by atoms with van der Waals surface area (Å²) in [5, 5.41) is 2.57. The fourth-order valence-corrected chi connectivity index (χ4v) is 9.71. The smallest absolute Gasteiger partial charge is 0.0468 e. The van der Waals surface area contributed by atoms with Gasteiger partial charge in [0.25, 0.3) is 0 Å². The van der Waals surface area contributed by atoms with Gasteiger partial charge in [-0.25, -0.2) is 0 Å². The van der Waals surface area contributed by atoms with E-state index in [4.69, 9.17) is 0 Å². The van der Waals surface area contributed by atoms with E-state index in [1.54, 1.807) is 0 Å². The standard InChI is InChI=1S/C56H42N2S/c1-6-20-42(21-7-1)43-22-16-19-41(37-43)38-53(44-23-17-32-49(39-44)57(45-24-8-2-9-25-45)46-26-10-3-11-27-46)51-33-18-34-52-54-40-50(35-36-55(54)59-56(51)52)58(47-28-12-4-13-29-47)48-30-14-5-15-31-48/h1-37,39-40,53H,38H2. The van der Waals surface area contributed by atoms with Crippen LogP contribution in [0.25, 0.3) is 31.3 Å². The predicted octanol–water partition coefficient (Wildman–Crippen LogP) is 16.0. The van der Waals surface area contributed by atoms with Crippen molar-refractivity contribution in [1.29, 1.82) is 0 Å². The van der Waals surface area contributed by atoms with E-state index >= 15 is 0 Å². The maximum absolute atomic E-state index is 2.41. The number of hydrogen-bond donors (Lipinski definition) is 0. The molecule has 0 radical (unpaired) electrons. The van der Waals surface area contributed by atoms with Gasteiger partial charge < -0.3 is 9.80 Å². The number of para-hydroxylation sites is 4. The van der Waals surface area contributed by atoms with Crippen LogP contribution < -0.4 is 9.80 Å². The Hall–Kier alpha value is -7.20. The monoisotopic (exact) mass is 774 g/mol. The van der Waals surface area contributed by atoms with E-state index in [-0.39, 0.29) is 5.92 Å². The second-order valence-electron chi connectivity index (χ2n) is 14.9. The van der Waals surface area contributed by atoms with Crippen LogP contribution in [-0.4, -0.2) is 0 Å². The van der Waals surface area contributed by atoms with Gasteiger partial charge in [-0.05, 0) is 113 Å². The Morgan fingerprint density at radius 2 is 0.847 bits per heavy atom. The van der Waals surface area contributed by atoms with Gasteiger partial charge in [-0.3, -0.25) is 0 Å². The zero-order valence-electron chi connectivity index (χ0n) is 32.6. The fraction of sp³-hybridized carbons (Fsp3) is 0.0357. The van der Waals surface area contributed by atoms with Crippen molar-refractivity contribution in [2.45, 2.75) is 12.3 Å². The number of fused-ring (bicyclic) bond motifs is 3. The average Bonchev–Trinajstić information content (AvgIpc) is 3.69. The third-order valence-corrected chi connectivity index (χ3v) is 12.4. The van der Waals surface area contributed by atoms with Crippen LogP contribution in [0.2, 0.25) is 0 Å². The molecule has 0 N–H and O–H groups in total. The third kappa shape index (κ3) is 7.41. The average molecular weight is 775 g/mol. The molecule has 3 heteroatoms. The molecular weight excluding hydrogens is 733 g/mol. The Morgan fingerprint density at radius 1 is 0.356 bits per heavy atom. The van der Waals surface area contributed by atoms with Gasteiger partial charge in [0, 0.05) is 60.2 Å². The van der Waals surface area contributed by atoms with Crippen LogP contribution >= 0.6 is 11.3 Å². The van der Waals surface area contributed by atoms with Gasteiger partial charge in [-0.15, -0.1) is 11.3 Å². The molecule has 1 heterocycles. The predicted molar refractivity (Wildman–Crippen MR) is 253 cm³/mol. The summed E-state index contributed by atoms with van der Waals surface area (Å²) in [6.07, 6.45) is 0.856. The highest BCUT2D eigenvalue weighted by Crippen LogP contribution is 2.45. The molecule has 1 aromatic heterocycles. The Labute approximate surface area is 350 Å². The Bertz CT molecular complexity index is 2880. The molecule has 282 valence electrons. The van der Waals surface area contributed by atoms with Crippen molar-refractivity contribution < 1.29 is 0 Å². The summed E-state index contributed by atoms with van der Waals surface area (Å²) in [5.41, 5.74) is 13.2. The molecule has 59 heavy (non-hydrogen) atoms. The zero-order valence-corrected chi connectivity index (χ0v) is 33.4. The molecule has 10 rings (SSSR count). The summed E-state index contributed by atoms with van der Waals surface area (Å²) in [6.45, 7) is 0. The lowest BCUT2D eigenvalue weighted by Crippen LogP contribution is -2.11. The van der Waals surface area contributed by atoms with Gasteiger partial charge in [0.15, 0.2) is 0 Å². The molecule has 1 atom stereocenters. The number of anilines is 6. The molecule has 0 spiro atoms. The van der Waals surface area contributed by atoms with Gasteiger partial charge in [0.2, 0.25) is 0 Å². The number of benzene rings is 9. The third-order valence-electron chi connectivity index (χ3n) is 11.2. The molecule has 0 saturated heterocycles. The van der Waals surface area contributed by atoms with Crippen LogP contribution in [0.5, 0.6) is 0 Å². The molecule has 0 bridgehead atoms. The van der Waals surface area contributed by atoms with Crippen molar-refractivity contribution in [2.75, 3.05) is 9.80 Å². The minimum Gasteiger partial charge on any atom is -0.310 e. The first-order valence-electron chi connectivity index (χ1n) is 20.3. The van der Waals surface area contributed by atoms with Crippen molar-refractivity contribution >= 4 is 65.6 Å². The summed E-state index contributed by atoms with van der Waals surface area (Å²) in [6, 6.07) is 85.7. The normalized spacial score (nSPS) is 11.7. The van der Waals surface area contributed by atoms with E-state index in [9.17, 15) is 0 Å². The first-order valence-corrected chi connectivity index (χ1v) is 21.1. The number of thiophene rings is 1. The lowest BCUT2D eigenvalue weighted by Gasteiger charge is -2.27. The maximum Gasteiger partial charge on any atom is 0.0468 e. The van der Waals surface area contributed by atoms with Gasteiger partial charge >= 0.3 is 0 Å². The Morgan fingerprint density at radius 3 is 1.44 bits per heavy atom. The topological polar surface area (TPSA) is 6.48 Å². The number of nitrogens with zero attached hydrogens (tertiary/aromatic N) is 2. The fourth-order valence-electron chi connectivity index (χ4n) is 8.46. The first-order chi connectivity index (χ1) is 29.3.